The summed E-state index contributed by atoms with van der Waals surface area (Å²) in [6, 6.07) is 10.9. The van der Waals surface area contributed by atoms with Gasteiger partial charge in [-0.25, -0.2) is 0 Å². The molecule has 0 saturated heterocycles. The molecular formula is C20H22N2O8. The number of amides is 1. The first kappa shape index (κ1) is 22.5. The maximum absolute atomic E-state index is 12.0. The number of hydrogen-bond donors (Lipinski definition) is 1. The first-order chi connectivity index (χ1) is 14.4. The largest absolute Gasteiger partial charge is 0.497 e. The van der Waals surface area contributed by atoms with E-state index in [4.69, 9.17) is 18.9 Å². The Bertz CT molecular complexity index is 883. The summed E-state index contributed by atoms with van der Waals surface area (Å²) >= 11 is 0. The van der Waals surface area contributed by atoms with E-state index >= 15 is 0 Å². The Balaban J connectivity index is 1.78. The minimum absolute atomic E-state index is 0.0210. The number of carbonyl (C=O) groups is 2. The Labute approximate surface area is 172 Å². The number of carbonyl (C=O) groups excluding carboxylic acids is 2. The molecule has 0 unspecified atom stereocenters. The fourth-order valence-corrected chi connectivity index (χ4v) is 2.35. The molecule has 2 rings (SSSR count). The summed E-state index contributed by atoms with van der Waals surface area (Å²) in [6.45, 7) is 1.59. The summed E-state index contributed by atoms with van der Waals surface area (Å²) in [5.74, 6) is 0.210. The summed E-state index contributed by atoms with van der Waals surface area (Å²) in [5, 5.41) is 13.5. The van der Waals surface area contributed by atoms with Crippen LogP contribution in [-0.2, 0) is 14.3 Å². The van der Waals surface area contributed by atoms with E-state index in [1.807, 2.05) is 0 Å². The van der Waals surface area contributed by atoms with Crippen LogP contribution >= 0.6 is 0 Å². The van der Waals surface area contributed by atoms with Gasteiger partial charge in [0.2, 0.25) is 0 Å². The average molecular weight is 418 g/mol. The average Bonchev–Trinajstić information content (AvgIpc) is 2.74. The highest BCUT2D eigenvalue weighted by atomic mass is 16.6. The van der Waals surface area contributed by atoms with Crippen LogP contribution in [0.5, 0.6) is 17.2 Å². The van der Waals surface area contributed by atoms with E-state index in [1.165, 1.54) is 18.2 Å². The lowest BCUT2D eigenvalue weighted by Crippen LogP contribution is -2.22. The highest BCUT2D eigenvalue weighted by Gasteiger charge is 2.18. The van der Waals surface area contributed by atoms with Crippen LogP contribution in [0.15, 0.2) is 42.5 Å². The smallest absolute Gasteiger partial charge is 0.309 e. The third-order valence-corrected chi connectivity index (χ3v) is 3.75. The Morgan fingerprint density at radius 1 is 1.03 bits per heavy atom. The molecule has 0 aliphatic carbocycles. The van der Waals surface area contributed by atoms with Crippen LogP contribution < -0.4 is 19.5 Å². The molecule has 0 aliphatic heterocycles. The second-order valence-electron chi connectivity index (χ2n) is 5.85. The molecule has 1 N–H and O–H groups in total. The maximum atomic E-state index is 12.0. The monoisotopic (exact) mass is 418 g/mol. The van der Waals surface area contributed by atoms with Crippen molar-refractivity contribution in [1.82, 2.24) is 0 Å². The number of esters is 1. The van der Waals surface area contributed by atoms with Crippen molar-refractivity contribution in [1.29, 1.82) is 0 Å². The predicted octanol–water partition coefficient (Wildman–Crippen LogP) is 2.95. The summed E-state index contributed by atoms with van der Waals surface area (Å²) in [5.41, 5.74) is -0.346. The number of ether oxygens (including phenoxy) is 4. The van der Waals surface area contributed by atoms with Crippen molar-refractivity contribution in [2.75, 3.05) is 32.2 Å². The fraction of sp³-hybridized carbons (Fsp3) is 0.300. The second kappa shape index (κ2) is 11.2. The molecule has 0 spiro atoms. The quantitative estimate of drug-likeness (QED) is 0.335. The molecule has 2 aromatic rings. The van der Waals surface area contributed by atoms with Crippen molar-refractivity contribution in [3.05, 3.63) is 52.6 Å². The molecule has 10 heteroatoms. The summed E-state index contributed by atoms with van der Waals surface area (Å²) < 4.78 is 20.5. The van der Waals surface area contributed by atoms with E-state index in [1.54, 1.807) is 38.3 Å². The molecule has 0 fully saturated rings. The van der Waals surface area contributed by atoms with Gasteiger partial charge in [-0.15, -0.1) is 0 Å². The van der Waals surface area contributed by atoms with Gasteiger partial charge in [0.15, 0.2) is 6.61 Å². The van der Waals surface area contributed by atoms with Crippen molar-refractivity contribution in [3.63, 3.8) is 0 Å². The Morgan fingerprint density at radius 3 is 2.33 bits per heavy atom. The number of nitro groups is 1. The Kier molecular flexibility index (Phi) is 8.42. The van der Waals surface area contributed by atoms with Crippen LogP contribution in [0.25, 0.3) is 0 Å². The lowest BCUT2D eigenvalue weighted by molar-refractivity contribution is -0.384. The molecule has 0 aliphatic rings. The zero-order valence-electron chi connectivity index (χ0n) is 16.6. The molecule has 10 nitrogen and oxygen atoms in total. The van der Waals surface area contributed by atoms with E-state index in [0.717, 1.165) is 0 Å². The molecule has 160 valence electrons. The van der Waals surface area contributed by atoms with Gasteiger partial charge in [-0.05, 0) is 43.3 Å². The number of nitrogens with one attached hydrogen (secondary N) is 1. The van der Waals surface area contributed by atoms with E-state index in [0.29, 0.717) is 23.9 Å². The number of hydrogen-bond acceptors (Lipinski definition) is 8. The van der Waals surface area contributed by atoms with Gasteiger partial charge in [0.1, 0.15) is 22.9 Å². The molecule has 2 aromatic carbocycles. The van der Waals surface area contributed by atoms with E-state index in [9.17, 15) is 19.7 Å². The van der Waals surface area contributed by atoms with Gasteiger partial charge in [-0.2, -0.15) is 0 Å². The third-order valence-electron chi connectivity index (χ3n) is 3.75. The number of anilines is 1. The van der Waals surface area contributed by atoms with Crippen molar-refractivity contribution >= 4 is 23.3 Å². The van der Waals surface area contributed by atoms with Crippen molar-refractivity contribution in [3.8, 4) is 17.2 Å². The molecule has 0 bridgehead atoms. The van der Waals surface area contributed by atoms with E-state index < -0.39 is 23.4 Å². The van der Waals surface area contributed by atoms with Crippen molar-refractivity contribution < 1.29 is 33.5 Å². The number of nitrogens with zero attached hydrogens (tertiary/aromatic N) is 1. The first-order valence-corrected chi connectivity index (χ1v) is 9.06. The molecule has 0 heterocycles. The van der Waals surface area contributed by atoms with Crippen molar-refractivity contribution in [2.45, 2.75) is 13.3 Å². The van der Waals surface area contributed by atoms with Crippen molar-refractivity contribution in [2.24, 2.45) is 0 Å². The van der Waals surface area contributed by atoms with Gasteiger partial charge in [0.05, 0.1) is 37.7 Å². The number of nitro benzene ring substituents is 1. The van der Waals surface area contributed by atoms with Crippen LogP contribution in [0.3, 0.4) is 0 Å². The molecular weight excluding hydrogens is 396 g/mol. The molecule has 0 aromatic heterocycles. The van der Waals surface area contributed by atoms with Gasteiger partial charge < -0.3 is 24.3 Å². The second-order valence-corrected chi connectivity index (χ2v) is 5.85. The molecule has 30 heavy (non-hydrogen) atoms. The topological polar surface area (TPSA) is 126 Å². The summed E-state index contributed by atoms with van der Waals surface area (Å²) in [4.78, 5) is 34.3. The fourth-order valence-electron chi connectivity index (χ4n) is 2.35. The minimum atomic E-state index is -0.702. The molecule has 1 amide bonds. The zero-order chi connectivity index (χ0) is 21.9. The molecule has 0 saturated carbocycles. The van der Waals surface area contributed by atoms with Crippen LogP contribution in [0.2, 0.25) is 0 Å². The van der Waals surface area contributed by atoms with E-state index in [2.05, 4.69) is 5.32 Å². The zero-order valence-corrected chi connectivity index (χ0v) is 16.6. The van der Waals surface area contributed by atoms with Crippen LogP contribution in [0, 0.1) is 10.1 Å². The lowest BCUT2D eigenvalue weighted by atomic mass is 10.2. The Hall–Kier alpha value is -3.82. The lowest BCUT2D eigenvalue weighted by Gasteiger charge is -2.09. The normalized spacial score (nSPS) is 10.1. The summed E-state index contributed by atoms with van der Waals surface area (Å²) in [6.07, 6.45) is -0.0670. The number of rotatable bonds is 11. The minimum Gasteiger partial charge on any atom is -0.497 e. The number of benzene rings is 2. The predicted molar refractivity (Wildman–Crippen MR) is 107 cm³/mol. The highest BCUT2D eigenvalue weighted by molar-refractivity contribution is 5.95. The van der Waals surface area contributed by atoms with Crippen LogP contribution in [0.4, 0.5) is 11.4 Å². The van der Waals surface area contributed by atoms with Gasteiger partial charge in [0.25, 0.3) is 11.6 Å². The maximum Gasteiger partial charge on any atom is 0.309 e. The van der Waals surface area contributed by atoms with Gasteiger partial charge in [-0.1, -0.05) is 0 Å². The third kappa shape index (κ3) is 6.97. The van der Waals surface area contributed by atoms with Gasteiger partial charge in [-0.3, -0.25) is 19.7 Å². The molecule has 0 radical (unpaired) electrons. The standard InChI is InChI=1S/C20H22N2O8/c1-3-28-16-8-9-17(18(12-16)22(25)26)21-19(23)13-30-20(24)10-11-29-15-6-4-14(27-2)5-7-15/h4-9,12H,3,10-11,13H2,1-2H3,(H,21,23). The summed E-state index contributed by atoms with van der Waals surface area (Å²) in [7, 11) is 1.55. The SMILES string of the molecule is CCOc1ccc(NC(=O)COC(=O)CCOc2ccc(OC)cc2)c([N+](=O)[O-])c1. The molecule has 0 atom stereocenters. The van der Waals surface area contributed by atoms with Gasteiger partial charge >= 0.3 is 5.97 Å². The Morgan fingerprint density at radius 2 is 1.70 bits per heavy atom. The first-order valence-electron chi connectivity index (χ1n) is 9.06. The van der Waals surface area contributed by atoms with Crippen LogP contribution in [-0.4, -0.2) is 43.7 Å². The highest BCUT2D eigenvalue weighted by Crippen LogP contribution is 2.29. The van der Waals surface area contributed by atoms with Gasteiger partial charge in [0, 0.05) is 0 Å². The van der Waals surface area contributed by atoms with Crippen LogP contribution in [0.1, 0.15) is 13.3 Å². The van der Waals surface area contributed by atoms with E-state index in [-0.39, 0.29) is 24.4 Å². The number of methoxy groups -OCH3 is 1.